The second-order valence-corrected chi connectivity index (χ2v) is 9.40. The summed E-state index contributed by atoms with van der Waals surface area (Å²) in [6.45, 7) is 7.18. The Morgan fingerprint density at radius 2 is 1.90 bits per heavy atom. The number of aromatic amines is 1. The van der Waals surface area contributed by atoms with Crippen LogP contribution in [0, 0.1) is 0 Å². The van der Waals surface area contributed by atoms with Crippen molar-refractivity contribution in [2.75, 3.05) is 26.2 Å². The van der Waals surface area contributed by atoms with Gasteiger partial charge in [-0.3, -0.25) is 14.6 Å². The van der Waals surface area contributed by atoms with E-state index in [1.807, 2.05) is 35.7 Å². The Bertz CT molecular complexity index is 1180. The van der Waals surface area contributed by atoms with Crippen molar-refractivity contribution < 1.29 is 0 Å². The van der Waals surface area contributed by atoms with Crippen LogP contribution in [0.4, 0.5) is 0 Å². The van der Waals surface area contributed by atoms with E-state index < -0.39 is 0 Å². The van der Waals surface area contributed by atoms with Crippen LogP contribution in [0.5, 0.6) is 0 Å². The normalized spacial score (nSPS) is 16.8. The minimum Gasteiger partial charge on any atom is -0.309 e. The first-order valence-electron chi connectivity index (χ1n) is 10.2. The smallest absolute Gasteiger partial charge is 0.260 e. The lowest BCUT2D eigenvalue weighted by Crippen LogP contribution is -2.47. The number of hydrogen-bond donors (Lipinski definition) is 1. The SMILES string of the molecule is CC(c1nc2scc(-c3ccccc3)c2c(=O)[nH]1)N1CCN(Cc2ccsc2)CC1. The van der Waals surface area contributed by atoms with Crippen LogP contribution < -0.4 is 5.56 Å². The van der Waals surface area contributed by atoms with Gasteiger partial charge in [0.2, 0.25) is 0 Å². The summed E-state index contributed by atoms with van der Waals surface area (Å²) in [5, 5.41) is 7.10. The average molecular weight is 437 g/mol. The average Bonchev–Trinajstić information content (AvgIpc) is 3.44. The van der Waals surface area contributed by atoms with Crippen molar-refractivity contribution in [3.05, 3.63) is 74.3 Å². The van der Waals surface area contributed by atoms with Gasteiger partial charge in [-0.05, 0) is 34.9 Å². The quantitative estimate of drug-likeness (QED) is 0.497. The van der Waals surface area contributed by atoms with E-state index in [0.717, 1.165) is 54.5 Å². The first-order valence-corrected chi connectivity index (χ1v) is 12.1. The second-order valence-electron chi connectivity index (χ2n) is 7.77. The zero-order valence-corrected chi connectivity index (χ0v) is 18.5. The lowest BCUT2D eigenvalue weighted by Gasteiger charge is -2.37. The molecule has 5 rings (SSSR count). The number of nitrogens with zero attached hydrogens (tertiary/aromatic N) is 3. The molecule has 5 nitrogen and oxygen atoms in total. The molecule has 3 aromatic heterocycles. The molecule has 0 saturated carbocycles. The summed E-state index contributed by atoms with van der Waals surface area (Å²) >= 11 is 3.30. The number of H-pyrrole nitrogens is 1. The Morgan fingerprint density at radius 1 is 1.10 bits per heavy atom. The fraction of sp³-hybridized carbons (Fsp3) is 0.304. The fourth-order valence-corrected chi connectivity index (χ4v) is 5.73. The van der Waals surface area contributed by atoms with Crippen molar-refractivity contribution in [1.29, 1.82) is 0 Å². The molecule has 1 aliphatic heterocycles. The topological polar surface area (TPSA) is 52.2 Å². The van der Waals surface area contributed by atoms with E-state index in [0.29, 0.717) is 5.39 Å². The van der Waals surface area contributed by atoms with E-state index in [-0.39, 0.29) is 11.6 Å². The molecule has 0 spiro atoms. The van der Waals surface area contributed by atoms with Crippen LogP contribution in [0.1, 0.15) is 24.4 Å². The molecule has 0 bridgehead atoms. The molecule has 7 heteroatoms. The van der Waals surface area contributed by atoms with Gasteiger partial charge in [-0.25, -0.2) is 4.98 Å². The monoisotopic (exact) mass is 436 g/mol. The Balaban J connectivity index is 1.33. The Labute approximate surface area is 183 Å². The van der Waals surface area contributed by atoms with Crippen LogP contribution in [0.25, 0.3) is 21.3 Å². The van der Waals surface area contributed by atoms with E-state index >= 15 is 0 Å². The van der Waals surface area contributed by atoms with Crippen molar-refractivity contribution in [2.45, 2.75) is 19.5 Å². The highest BCUT2D eigenvalue weighted by atomic mass is 32.1. The summed E-state index contributed by atoms with van der Waals surface area (Å²) in [5.74, 6) is 0.764. The molecular weight excluding hydrogens is 412 g/mol. The van der Waals surface area contributed by atoms with E-state index in [2.05, 4.69) is 38.5 Å². The van der Waals surface area contributed by atoms with Crippen molar-refractivity contribution in [2.24, 2.45) is 0 Å². The van der Waals surface area contributed by atoms with E-state index in [1.54, 1.807) is 22.7 Å². The third-order valence-corrected chi connectivity index (χ3v) is 7.49. The zero-order valence-electron chi connectivity index (χ0n) is 16.9. The standard InChI is InChI=1S/C23H24N4OS2/c1-16(27-10-8-26(9-11-27)13-17-7-12-29-14-17)21-24-22(28)20-19(15-30-23(20)25-21)18-5-3-2-4-6-18/h2-7,12,14-16H,8-11,13H2,1H3,(H,24,25,28). The molecule has 1 aromatic carbocycles. The van der Waals surface area contributed by atoms with Crippen LogP contribution in [0.2, 0.25) is 0 Å². The Kier molecular flexibility index (Phi) is 5.52. The van der Waals surface area contributed by atoms with Gasteiger partial charge >= 0.3 is 0 Å². The molecule has 154 valence electrons. The molecule has 4 aromatic rings. The fourth-order valence-electron chi connectivity index (χ4n) is 4.12. The molecule has 1 N–H and O–H groups in total. The molecular formula is C23H24N4OS2. The number of fused-ring (bicyclic) bond motifs is 1. The van der Waals surface area contributed by atoms with Gasteiger partial charge in [-0.15, -0.1) is 11.3 Å². The van der Waals surface area contributed by atoms with Crippen LogP contribution in [-0.4, -0.2) is 45.9 Å². The molecule has 1 fully saturated rings. The van der Waals surface area contributed by atoms with E-state index in [1.165, 1.54) is 5.56 Å². The third-order valence-electron chi connectivity index (χ3n) is 5.88. The van der Waals surface area contributed by atoms with Crippen LogP contribution in [0.15, 0.2) is 57.3 Å². The van der Waals surface area contributed by atoms with Crippen LogP contribution in [-0.2, 0) is 6.54 Å². The van der Waals surface area contributed by atoms with Crippen molar-refractivity contribution in [3.63, 3.8) is 0 Å². The van der Waals surface area contributed by atoms with Gasteiger partial charge in [0.05, 0.1) is 11.4 Å². The number of nitrogens with one attached hydrogen (secondary N) is 1. The minimum absolute atomic E-state index is 0.0435. The summed E-state index contributed by atoms with van der Waals surface area (Å²) in [6.07, 6.45) is 0. The highest BCUT2D eigenvalue weighted by molar-refractivity contribution is 7.17. The molecule has 0 amide bonds. The molecule has 30 heavy (non-hydrogen) atoms. The van der Waals surface area contributed by atoms with Gasteiger partial charge < -0.3 is 4.98 Å². The summed E-state index contributed by atoms with van der Waals surface area (Å²) in [7, 11) is 0. The maximum atomic E-state index is 13.0. The highest BCUT2D eigenvalue weighted by Gasteiger charge is 2.24. The molecule has 1 aliphatic rings. The zero-order chi connectivity index (χ0) is 20.5. The summed E-state index contributed by atoms with van der Waals surface area (Å²) in [4.78, 5) is 26.6. The maximum Gasteiger partial charge on any atom is 0.260 e. The number of rotatable bonds is 5. The molecule has 1 saturated heterocycles. The van der Waals surface area contributed by atoms with Crippen molar-refractivity contribution in [1.82, 2.24) is 19.8 Å². The van der Waals surface area contributed by atoms with Gasteiger partial charge in [-0.1, -0.05) is 30.3 Å². The largest absolute Gasteiger partial charge is 0.309 e. The predicted octanol–water partition coefficient (Wildman–Crippen LogP) is 4.59. The predicted molar refractivity (Wildman–Crippen MR) is 125 cm³/mol. The van der Waals surface area contributed by atoms with Crippen molar-refractivity contribution in [3.8, 4) is 11.1 Å². The summed E-state index contributed by atoms with van der Waals surface area (Å²) < 4.78 is 0. The van der Waals surface area contributed by atoms with E-state index in [9.17, 15) is 4.79 Å². The highest BCUT2D eigenvalue weighted by Crippen LogP contribution is 2.31. The third kappa shape index (κ3) is 3.86. The lowest BCUT2D eigenvalue weighted by molar-refractivity contribution is 0.0949. The first-order chi connectivity index (χ1) is 14.7. The lowest BCUT2D eigenvalue weighted by atomic mass is 10.1. The number of aromatic nitrogens is 2. The first kappa shape index (κ1) is 19.6. The molecule has 1 atom stereocenters. The molecule has 0 radical (unpaired) electrons. The molecule has 1 unspecified atom stereocenters. The number of thiophene rings is 2. The van der Waals surface area contributed by atoms with Gasteiger partial charge in [0.25, 0.3) is 5.56 Å². The van der Waals surface area contributed by atoms with E-state index in [4.69, 9.17) is 4.98 Å². The Hall–Kier alpha value is -2.32. The summed E-state index contributed by atoms with van der Waals surface area (Å²) in [5.41, 5.74) is 3.37. The Morgan fingerprint density at radius 3 is 2.63 bits per heavy atom. The number of piperazine rings is 1. The van der Waals surface area contributed by atoms with Gasteiger partial charge in [0.15, 0.2) is 0 Å². The second kappa shape index (κ2) is 8.43. The number of hydrogen-bond acceptors (Lipinski definition) is 6. The molecule has 0 aliphatic carbocycles. The van der Waals surface area contributed by atoms with Gasteiger partial charge in [0, 0.05) is 43.7 Å². The van der Waals surface area contributed by atoms with Crippen LogP contribution >= 0.6 is 22.7 Å². The molecule has 4 heterocycles. The van der Waals surface area contributed by atoms with Gasteiger partial charge in [-0.2, -0.15) is 11.3 Å². The summed E-state index contributed by atoms with van der Waals surface area (Å²) in [6, 6.07) is 12.3. The van der Waals surface area contributed by atoms with Crippen molar-refractivity contribution >= 4 is 32.9 Å². The number of benzene rings is 1. The maximum absolute atomic E-state index is 13.0. The van der Waals surface area contributed by atoms with Crippen LogP contribution in [0.3, 0.4) is 0 Å². The van der Waals surface area contributed by atoms with Gasteiger partial charge in [0.1, 0.15) is 10.7 Å². The minimum atomic E-state index is -0.0435.